The molecule has 1 N–H and O–H groups in total. The highest BCUT2D eigenvalue weighted by atomic mass is 32.1. The molecule has 2 amide bonds. The van der Waals surface area contributed by atoms with Crippen LogP contribution in [0.15, 0.2) is 18.2 Å². The zero-order valence-corrected chi connectivity index (χ0v) is 12.9. The first-order valence-corrected chi connectivity index (χ1v) is 8.09. The molecule has 22 heavy (non-hydrogen) atoms. The first-order chi connectivity index (χ1) is 10.5. The minimum atomic E-state index is -0.284. The second kappa shape index (κ2) is 4.52. The molecule has 3 heterocycles. The van der Waals surface area contributed by atoms with Gasteiger partial charge in [0.1, 0.15) is 5.82 Å². The highest BCUT2D eigenvalue weighted by Gasteiger charge is 2.49. The Bertz CT molecular complexity index is 808. The van der Waals surface area contributed by atoms with E-state index in [9.17, 15) is 14.0 Å². The van der Waals surface area contributed by atoms with Gasteiger partial charge in [0.2, 0.25) is 5.91 Å². The summed E-state index contributed by atoms with van der Waals surface area (Å²) in [5.74, 6) is -0.287. The third-order valence-electron chi connectivity index (χ3n) is 4.61. The van der Waals surface area contributed by atoms with E-state index in [1.165, 1.54) is 17.4 Å². The van der Waals surface area contributed by atoms with Gasteiger partial charge in [0, 0.05) is 29.6 Å². The van der Waals surface area contributed by atoms with E-state index in [2.05, 4.69) is 5.32 Å². The number of hydrogen-bond donors (Lipinski definition) is 1. The van der Waals surface area contributed by atoms with Gasteiger partial charge in [-0.15, -0.1) is 11.3 Å². The van der Waals surface area contributed by atoms with E-state index in [1.54, 1.807) is 17.9 Å². The van der Waals surface area contributed by atoms with Crippen LogP contribution in [0.4, 0.5) is 4.39 Å². The number of carbonyl (C=O) groups is 2. The number of rotatable bonds is 1. The zero-order chi connectivity index (χ0) is 15.5. The first kappa shape index (κ1) is 13.7. The van der Waals surface area contributed by atoms with Crippen LogP contribution in [-0.4, -0.2) is 35.3 Å². The third-order valence-corrected chi connectivity index (χ3v) is 5.85. The van der Waals surface area contributed by atoms with Crippen molar-refractivity contribution < 1.29 is 14.0 Å². The lowest BCUT2D eigenvalue weighted by atomic mass is 9.88. The van der Waals surface area contributed by atoms with Gasteiger partial charge in [-0.2, -0.15) is 0 Å². The maximum absolute atomic E-state index is 13.9. The van der Waals surface area contributed by atoms with E-state index in [0.29, 0.717) is 35.3 Å². The number of amides is 2. The van der Waals surface area contributed by atoms with Gasteiger partial charge in [0.15, 0.2) is 0 Å². The summed E-state index contributed by atoms with van der Waals surface area (Å²) in [4.78, 5) is 26.3. The van der Waals surface area contributed by atoms with E-state index < -0.39 is 0 Å². The lowest BCUT2D eigenvalue weighted by Gasteiger charge is -2.47. The minimum Gasteiger partial charge on any atom is -0.347 e. The molecule has 0 radical (unpaired) electrons. The van der Waals surface area contributed by atoms with Crippen LogP contribution in [0, 0.1) is 12.7 Å². The van der Waals surface area contributed by atoms with E-state index in [0.717, 1.165) is 11.1 Å². The normalized spacial score (nSPS) is 19.5. The van der Waals surface area contributed by atoms with Crippen LogP contribution >= 0.6 is 11.3 Å². The van der Waals surface area contributed by atoms with Crippen LogP contribution in [0.3, 0.4) is 0 Å². The molecule has 0 bridgehead atoms. The third kappa shape index (κ3) is 1.86. The van der Waals surface area contributed by atoms with Gasteiger partial charge >= 0.3 is 0 Å². The summed E-state index contributed by atoms with van der Waals surface area (Å²) in [6, 6.07) is 4.92. The topological polar surface area (TPSA) is 49.4 Å². The Morgan fingerprint density at radius 3 is 2.82 bits per heavy atom. The number of thiophene rings is 1. The Labute approximate surface area is 130 Å². The number of aryl methyl sites for hydroxylation is 1. The van der Waals surface area contributed by atoms with Crippen molar-refractivity contribution in [3.05, 3.63) is 34.5 Å². The van der Waals surface area contributed by atoms with Gasteiger partial charge < -0.3 is 10.2 Å². The van der Waals surface area contributed by atoms with Crippen LogP contribution in [0.2, 0.25) is 0 Å². The Kier molecular flexibility index (Phi) is 2.81. The zero-order valence-electron chi connectivity index (χ0n) is 12.1. The Hall–Kier alpha value is -1.95. The molecule has 0 unspecified atom stereocenters. The van der Waals surface area contributed by atoms with Crippen molar-refractivity contribution in [2.45, 2.75) is 25.3 Å². The van der Waals surface area contributed by atoms with Crippen molar-refractivity contribution >= 4 is 33.2 Å². The molecule has 0 atom stereocenters. The predicted octanol–water partition coefficient (Wildman–Crippen LogP) is 2.45. The van der Waals surface area contributed by atoms with Crippen molar-refractivity contribution in [3.63, 3.8) is 0 Å². The quantitative estimate of drug-likeness (QED) is 0.878. The highest BCUT2D eigenvalue weighted by Crippen LogP contribution is 2.36. The molecule has 2 saturated heterocycles. The lowest BCUT2D eigenvalue weighted by Crippen LogP contribution is -2.68. The second-order valence-electron chi connectivity index (χ2n) is 6.16. The standard InChI is InChI=1S/C16H15FN2O2S/c1-9-13-10(17)3-2-4-11(13)22-14(9)15(21)19-7-16(8-19)6-5-12(20)18-16/h2-4H,5-8H2,1H3,(H,18,20). The lowest BCUT2D eigenvalue weighted by molar-refractivity contribution is -0.120. The second-order valence-corrected chi connectivity index (χ2v) is 7.21. The van der Waals surface area contributed by atoms with Crippen molar-refractivity contribution in [1.29, 1.82) is 0 Å². The molecule has 1 spiro atoms. The molecule has 2 aromatic rings. The molecule has 4 rings (SSSR count). The Morgan fingerprint density at radius 1 is 1.41 bits per heavy atom. The fourth-order valence-corrected chi connectivity index (χ4v) is 4.63. The van der Waals surface area contributed by atoms with E-state index in [-0.39, 0.29) is 23.2 Å². The average molecular weight is 318 g/mol. The number of benzene rings is 1. The SMILES string of the molecule is Cc1c(C(=O)N2CC3(CCC(=O)N3)C2)sc2cccc(F)c12. The van der Waals surface area contributed by atoms with Crippen LogP contribution in [0.25, 0.3) is 10.1 Å². The summed E-state index contributed by atoms with van der Waals surface area (Å²) in [6.45, 7) is 2.89. The number of nitrogens with one attached hydrogen (secondary N) is 1. The number of hydrogen-bond acceptors (Lipinski definition) is 3. The molecule has 2 fully saturated rings. The molecular weight excluding hydrogens is 303 g/mol. The van der Waals surface area contributed by atoms with Crippen LogP contribution in [0.1, 0.15) is 28.1 Å². The monoisotopic (exact) mass is 318 g/mol. The molecule has 1 aromatic carbocycles. The largest absolute Gasteiger partial charge is 0.347 e. The first-order valence-electron chi connectivity index (χ1n) is 7.27. The molecule has 1 aromatic heterocycles. The molecule has 2 aliphatic rings. The number of likely N-dealkylation sites (tertiary alicyclic amines) is 1. The summed E-state index contributed by atoms with van der Waals surface area (Å²) < 4.78 is 14.7. The maximum Gasteiger partial charge on any atom is 0.264 e. The summed E-state index contributed by atoms with van der Waals surface area (Å²) in [7, 11) is 0. The summed E-state index contributed by atoms with van der Waals surface area (Å²) in [5.41, 5.74) is 0.488. The average Bonchev–Trinajstić information content (AvgIpc) is 2.99. The molecule has 0 saturated carbocycles. The van der Waals surface area contributed by atoms with Crippen molar-refractivity contribution in [3.8, 4) is 0 Å². The van der Waals surface area contributed by atoms with Crippen LogP contribution < -0.4 is 5.32 Å². The smallest absolute Gasteiger partial charge is 0.264 e. The van der Waals surface area contributed by atoms with Gasteiger partial charge in [-0.3, -0.25) is 9.59 Å². The number of fused-ring (bicyclic) bond motifs is 1. The fourth-order valence-electron chi connectivity index (χ4n) is 3.44. The van der Waals surface area contributed by atoms with Gasteiger partial charge in [-0.05, 0) is 31.0 Å². The van der Waals surface area contributed by atoms with E-state index in [1.807, 2.05) is 6.07 Å². The molecule has 0 aliphatic carbocycles. The van der Waals surface area contributed by atoms with Crippen LogP contribution in [0.5, 0.6) is 0 Å². The minimum absolute atomic E-state index is 0.0622. The number of carbonyl (C=O) groups excluding carboxylic acids is 2. The van der Waals surface area contributed by atoms with Gasteiger partial charge in [0.25, 0.3) is 5.91 Å². The van der Waals surface area contributed by atoms with Crippen LogP contribution in [-0.2, 0) is 4.79 Å². The number of nitrogens with zero attached hydrogens (tertiary/aromatic N) is 1. The maximum atomic E-state index is 13.9. The van der Waals surface area contributed by atoms with Gasteiger partial charge in [0.05, 0.1) is 10.4 Å². The van der Waals surface area contributed by atoms with Crippen molar-refractivity contribution in [1.82, 2.24) is 10.2 Å². The highest BCUT2D eigenvalue weighted by molar-refractivity contribution is 7.21. The molecule has 114 valence electrons. The van der Waals surface area contributed by atoms with Gasteiger partial charge in [-0.25, -0.2) is 4.39 Å². The molecule has 6 heteroatoms. The predicted molar refractivity (Wildman–Crippen MR) is 82.5 cm³/mol. The number of halogens is 1. The van der Waals surface area contributed by atoms with E-state index in [4.69, 9.17) is 0 Å². The fraction of sp³-hybridized carbons (Fsp3) is 0.375. The van der Waals surface area contributed by atoms with Crippen molar-refractivity contribution in [2.75, 3.05) is 13.1 Å². The Balaban J connectivity index is 1.61. The Morgan fingerprint density at radius 2 is 2.18 bits per heavy atom. The van der Waals surface area contributed by atoms with Crippen molar-refractivity contribution in [2.24, 2.45) is 0 Å². The van der Waals surface area contributed by atoms with Gasteiger partial charge in [-0.1, -0.05) is 6.07 Å². The van der Waals surface area contributed by atoms with E-state index >= 15 is 0 Å². The molecule has 2 aliphatic heterocycles. The summed E-state index contributed by atoms with van der Waals surface area (Å²) >= 11 is 1.34. The summed E-state index contributed by atoms with van der Waals surface area (Å²) in [6.07, 6.45) is 1.32. The summed E-state index contributed by atoms with van der Waals surface area (Å²) in [5, 5.41) is 3.51. The molecule has 4 nitrogen and oxygen atoms in total. The molecular formula is C16H15FN2O2S.